The van der Waals surface area contributed by atoms with E-state index in [1.165, 1.54) is 10.4 Å². The second-order valence-corrected chi connectivity index (χ2v) is 2.10. The van der Waals surface area contributed by atoms with Crippen molar-refractivity contribution in [1.82, 2.24) is 20.3 Å². The summed E-state index contributed by atoms with van der Waals surface area (Å²) >= 11 is 4.81. The van der Waals surface area contributed by atoms with Crippen LogP contribution in [0.4, 0.5) is 0 Å². The molecule has 0 amide bonds. The minimum Gasteiger partial charge on any atom is -0.529 e. The minimum atomic E-state index is 0.588. The number of H-pyrrole nitrogens is 1. The van der Waals surface area contributed by atoms with E-state index in [9.17, 15) is 0 Å². The van der Waals surface area contributed by atoms with E-state index in [2.05, 4.69) is 20.3 Å². The fourth-order valence-corrected chi connectivity index (χ4v) is 0.861. The van der Waals surface area contributed by atoms with Crippen molar-refractivity contribution in [3.05, 3.63) is 12.5 Å². The molecule has 0 aromatic carbocycles. The first-order valence-corrected chi connectivity index (χ1v) is 2.98. The molecule has 0 aliphatic heterocycles. The van der Waals surface area contributed by atoms with Gasteiger partial charge in [-0.2, -0.15) is 4.98 Å². The monoisotopic (exact) mass is 153 g/mol. The molecule has 0 saturated carbocycles. The summed E-state index contributed by atoms with van der Waals surface area (Å²) in [5, 5.41) is 6.36. The van der Waals surface area contributed by atoms with Gasteiger partial charge in [0.15, 0.2) is 0 Å². The van der Waals surface area contributed by atoms with E-state index in [1.807, 2.05) is 0 Å². The van der Waals surface area contributed by atoms with Crippen LogP contribution >= 0.6 is 0 Å². The standard InChI is InChI=1S/C4H3N5S/c10-9-3-1-5-2-6-4(3)7-8-9/h1-2,8H. The molecule has 0 radical (unpaired) electrons. The van der Waals surface area contributed by atoms with Crippen LogP contribution in [0, 0.1) is 0 Å². The lowest BCUT2D eigenvalue weighted by Crippen LogP contribution is -2.28. The van der Waals surface area contributed by atoms with Crippen LogP contribution in [-0.4, -0.2) is 20.3 Å². The van der Waals surface area contributed by atoms with Crippen molar-refractivity contribution in [3.63, 3.8) is 0 Å². The maximum absolute atomic E-state index is 4.81. The summed E-state index contributed by atoms with van der Waals surface area (Å²) in [6.07, 6.45) is 3.04. The Morgan fingerprint density at radius 2 is 2.50 bits per heavy atom. The van der Waals surface area contributed by atoms with Crippen molar-refractivity contribution in [2.75, 3.05) is 0 Å². The lowest BCUT2D eigenvalue weighted by Gasteiger charge is -1.90. The molecule has 0 saturated heterocycles. The van der Waals surface area contributed by atoms with Crippen molar-refractivity contribution < 1.29 is 4.09 Å². The molecule has 0 unspecified atom stereocenters. The highest BCUT2D eigenvalue weighted by molar-refractivity contribution is 7.51. The Kier molecular flexibility index (Phi) is 1.01. The quantitative estimate of drug-likeness (QED) is 0.387. The van der Waals surface area contributed by atoms with Gasteiger partial charge in [-0.25, -0.2) is 4.98 Å². The van der Waals surface area contributed by atoms with Crippen molar-refractivity contribution in [2.45, 2.75) is 0 Å². The number of nitrogens with one attached hydrogen (secondary N) is 1. The van der Waals surface area contributed by atoms with Crippen LogP contribution in [0.25, 0.3) is 11.2 Å². The molecule has 0 bridgehead atoms. The maximum atomic E-state index is 4.81. The van der Waals surface area contributed by atoms with E-state index < -0.39 is 0 Å². The molecule has 50 valence electrons. The van der Waals surface area contributed by atoms with E-state index in [-0.39, 0.29) is 0 Å². The SMILES string of the molecule is [S-][n+]1[nH]nc2ncncc21. The molecule has 1 N–H and O–H groups in total. The van der Waals surface area contributed by atoms with Crippen LogP contribution in [-0.2, 0) is 12.8 Å². The smallest absolute Gasteiger partial charge is 0.342 e. The molecule has 10 heavy (non-hydrogen) atoms. The average molecular weight is 153 g/mol. The van der Waals surface area contributed by atoms with E-state index in [4.69, 9.17) is 12.8 Å². The summed E-state index contributed by atoms with van der Waals surface area (Å²) in [7, 11) is 0. The highest BCUT2D eigenvalue weighted by atomic mass is 32.1. The third-order valence-electron chi connectivity index (χ3n) is 1.14. The van der Waals surface area contributed by atoms with Gasteiger partial charge in [0.25, 0.3) is 0 Å². The van der Waals surface area contributed by atoms with Gasteiger partial charge in [-0.15, -0.1) is 0 Å². The van der Waals surface area contributed by atoms with E-state index in [1.54, 1.807) is 6.20 Å². The summed E-state index contributed by atoms with van der Waals surface area (Å²) < 4.78 is 1.34. The molecular formula is C4H3N5S. The number of fused-ring (bicyclic) bond motifs is 1. The van der Waals surface area contributed by atoms with Gasteiger partial charge in [0.2, 0.25) is 5.52 Å². The van der Waals surface area contributed by atoms with Crippen LogP contribution in [0.5, 0.6) is 0 Å². The fourth-order valence-electron chi connectivity index (χ4n) is 0.692. The number of nitrogens with zero attached hydrogens (tertiary/aromatic N) is 4. The van der Waals surface area contributed by atoms with Gasteiger partial charge in [0.1, 0.15) is 6.33 Å². The molecular weight excluding hydrogens is 150 g/mol. The van der Waals surface area contributed by atoms with Gasteiger partial charge in [-0.3, -0.25) is 4.09 Å². The van der Waals surface area contributed by atoms with Gasteiger partial charge in [0, 0.05) is 0 Å². The molecule has 5 nitrogen and oxygen atoms in total. The van der Waals surface area contributed by atoms with Gasteiger partial charge in [-0.05, 0) is 0 Å². The maximum Gasteiger partial charge on any atom is 0.342 e. The summed E-state index contributed by atoms with van der Waals surface area (Å²) in [4.78, 5) is 7.65. The van der Waals surface area contributed by atoms with Gasteiger partial charge in [-0.1, -0.05) is 5.21 Å². The van der Waals surface area contributed by atoms with Crippen molar-refractivity contribution in [3.8, 4) is 0 Å². The Labute approximate surface area is 61.6 Å². The zero-order chi connectivity index (χ0) is 6.97. The number of aromatic nitrogens is 5. The van der Waals surface area contributed by atoms with Gasteiger partial charge >= 0.3 is 5.65 Å². The molecule has 2 heterocycles. The predicted molar refractivity (Wildman–Crippen MR) is 34.6 cm³/mol. The summed E-state index contributed by atoms with van der Waals surface area (Å²) in [6, 6.07) is 0. The summed E-state index contributed by atoms with van der Waals surface area (Å²) in [5.41, 5.74) is 1.31. The zero-order valence-corrected chi connectivity index (χ0v) is 5.67. The van der Waals surface area contributed by atoms with Crippen molar-refractivity contribution in [1.29, 1.82) is 0 Å². The van der Waals surface area contributed by atoms with E-state index in [0.29, 0.717) is 5.65 Å². The summed E-state index contributed by atoms with van der Waals surface area (Å²) in [6.45, 7) is 0. The molecule has 0 fully saturated rings. The number of hydrogen-bond acceptors (Lipinski definition) is 4. The normalized spacial score (nSPS) is 10.4. The van der Waals surface area contributed by atoms with Crippen LogP contribution in [0.2, 0.25) is 0 Å². The molecule has 2 rings (SSSR count). The van der Waals surface area contributed by atoms with Crippen LogP contribution in [0.1, 0.15) is 0 Å². The Morgan fingerprint density at radius 3 is 3.30 bits per heavy atom. The number of aromatic amines is 1. The summed E-state index contributed by atoms with van der Waals surface area (Å²) in [5.74, 6) is 0. The minimum absolute atomic E-state index is 0.588. The third kappa shape index (κ3) is 0.623. The average Bonchev–Trinajstić information content (AvgIpc) is 2.34. The van der Waals surface area contributed by atoms with Crippen molar-refractivity contribution >= 4 is 24.0 Å². The number of rotatable bonds is 0. The topological polar surface area (TPSA) is 58.3 Å². The lowest BCUT2D eigenvalue weighted by molar-refractivity contribution is -0.536. The second-order valence-electron chi connectivity index (χ2n) is 1.74. The highest BCUT2D eigenvalue weighted by Gasteiger charge is 2.04. The van der Waals surface area contributed by atoms with Crippen LogP contribution in [0.15, 0.2) is 12.5 Å². The predicted octanol–water partition coefficient (Wildman–Crippen LogP) is -1.05. The van der Waals surface area contributed by atoms with E-state index >= 15 is 0 Å². The first-order chi connectivity index (χ1) is 4.88. The lowest BCUT2D eigenvalue weighted by atomic mass is 10.6. The fraction of sp³-hybridized carbons (Fsp3) is 0. The van der Waals surface area contributed by atoms with Gasteiger partial charge in [0.05, 0.1) is 11.3 Å². The molecule has 0 aliphatic carbocycles. The van der Waals surface area contributed by atoms with Crippen LogP contribution < -0.4 is 4.09 Å². The Bertz CT molecular complexity index is 355. The number of hydrogen-bond donors (Lipinski definition) is 1. The first-order valence-electron chi connectivity index (χ1n) is 2.61. The first kappa shape index (κ1) is 5.48. The Morgan fingerprint density at radius 1 is 1.60 bits per heavy atom. The molecule has 2 aromatic heterocycles. The van der Waals surface area contributed by atoms with Crippen LogP contribution in [0.3, 0.4) is 0 Å². The largest absolute Gasteiger partial charge is 0.529 e. The Hall–Kier alpha value is -1.30. The third-order valence-corrected chi connectivity index (χ3v) is 1.42. The Balaban J connectivity index is 2.93. The molecule has 0 aliphatic rings. The second kappa shape index (κ2) is 1.84. The zero-order valence-electron chi connectivity index (χ0n) is 4.85. The molecule has 0 atom stereocenters. The molecule has 0 spiro atoms. The van der Waals surface area contributed by atoms with Gasteiger partial charge < -0.3 is 12.8 Å². The molecule has 2 aromatic rings. The van der Waals surface area contributed by atoms with Crippen molar-refractivity contribution in [2.24, 2.45) is 0 Å². The van der Waals surface area contributed by atoms with E-state index in [0.717, 1.165) is 5.52 Å². The highest BCUT2D eigenvalue weighted by Crippen LogP contribution is 1.95. The molecule has 6 heteroatoms.